The van der Waals surface area contributed by atoms with Gasteiger partial charge in [-0.25, -0.2) is 0 Å². The number of hydrogen-bond acceptors (Lipinski definition) is 3. The third-order valence-electron chi connectivity index (χ3n) is 4.20. The Morgan fingerprint density at radius 1 is 1.18 bits per heavy atom. The number of carbonyl (C=O) groups is 1. The van der Waals surface area contributed by atoms with E-state index in [2.05, 4.69) is 10.2 Å². The first kappa shape index (κ1) is 12.8. The highest BCUT2D eigenvalue weighted by Crippen LogP contribution is 2.24. The molecule has 1 unspecified atom stereocenters. The molecule has 2 saturated heterocycles. The van der Waals surface area contributed by atoms with Gasteiger partial charge in [-0.3, -0.25) is 4.79 Å². The fraction of sp³-hybridized carbons (Fsp3) is 0.923. The molecule has 2 aliphatic rings. The number of amides is 1. The van der Waals surface area contributed by atoms with Crippen molar-refractivity contribution in [2.75, 3.05) is 26.2 Å². The van der Waals surface area contributed by atoms with Crippen LogP contribution in [0.15, 0.2) is 0 Å². The predicted octanol–water partition coefficient (Wildman–Crippen LogP) is 0.716. The molecule has 0 aliphatic carbocycles. The normalized spacial score (nSPS) is 28.8. The van der Waals surface area contributed by atoms with Crippen LogP contribution < -0.4 is 11.1 Å². The lowest BCUT2D eigenvalue weighted by atomic mass is 9.91. The van der Waals surface area contributed by atoms with E-state index in [0.29, 0.717) is 12.3 Å². The zero-order chi connectivity index (χ0) is 12.1. The quantitative estimate of drug-likeness (QED) is 0.763. The topological polar surface area (TPSA) is 58.4 Å². The molecule has 0 aromatic carbocycles. The number of hydrogen-bond donors (Lipinski definition) is 2. The van der Waals surface area contributed by atoms with Crippen LogP contribution in [-0.4, -0.2) is 43.0 Å². The monoisotopic (exact) mass is 239 g/mol. The molecule has 1 atom stereocenters. The molecule has 2 rings (SSSR count). The maximum atomic E-state index is 10.9. The minimum Gasteiger partial charge on any atom is -0.370 e. The van der Waals surface area contributed by atoms with Crippen LogP contribution in [0.2, 0.25) is 0 Å². The highest BCUT2D eigenvalue weighted by atomic mass is 16.1. The molecule has 4 heteroatoms. The molecule has 2 heterocycles. The fourth-order valence-corrected chi connectivity index (χ4v) is 3.17. The van der Waals surface area contributed by atoms with Gasteiger partial charge in [0.2, 0.25) is 5.91 Å². The smallest absolute Gasteiger partial charge is 0.217 e. The van der Waals surface area contributed by atoms with Gasteiger partial charge in [0.15, 0.2) is 0 Å². The first-order chi connectivity index (χ1) is 8.25. The molecule has 2 aliphatic heterocycles. The van der Waals surface area contributed by atoms with Crippen molar-refractivity contribution in [1.29, 1.82) is 0 Å². The van der Waals surface area contributed by atoms with Crippen LogP contribution in [0.5, 0.6) is 0 Å². The summed E-state index contributed by atoms with van der Waals surface area (Å²) in [5.41, 5.74) is 5.26. The number of piperidine rings is 1. The zero-order valence-electron chi connectivity index (χ0n) is 10.7. The van der Waals surface area contributed by atoms with Crippen molar-refractivity contribution in [2.24, 2.45) is 11.7 Å². The number of nitrogens with two attached hydrogens (primary N) is 1. The summed E-state index contributed by atoms with van der Waals surface area (Å²) in [6, 6.07) is 0.763. The third-order valence-corrected chi connectivity index (χ3v) is 4.20. The molecule has 17 heavy (non-hydrogen) atoms. The predicted molar refractivity (Wildman–Crippen MR) is 68.6 cm³/mol. The molecule has 0 aromatic heterocycles. The van der Waals surface area contributed by atoms with Crippen LogP contribution in [0.25, 0.3) is 0 Å². The first-order valence-corrected chi connectivity index (χ1v) is 6.99. The van der Waals surface area contributed by atoms with Crippen molar-refractivity contribution in [1.82, 2.24) is 10.2 Å². The summed E-state index contributed by atoms with van der Waals surface area (Å²) in [4.78, 5) is 13.5. The minimum absolute atomic E-state index is 0.137. The van der Waals surface area contributed by atoms with Gasteiger partial charge >= 0.3 is 0 Å². The van der Waals surface area contributed by atoms with Crippen molar-refractivity contribution < 1.29 is 4.79 Å². The van der Waals surface area contributed by atoms with Crippen molar-refractivity contribution in [3.8, 4) is 0 Å². The summed E-state index contributed by atoms with van der Waals surface area (Å²) in [7, 11) is 0. The maximum absolute atomic E-state index is 10.9. The average molecular weight is 239 g/mol. The van der Waals surface area contributed by atoms with Gasteiger partial charge in [-0.2, -0.15) is 0 Å². The second-order valence-corrected chi connectivity index (χ2v) is 5.48. The number of primary amides is 1. The Bertz CT molecular complexity index is 241. The third kappa shape index (κ3) is 3.96. The van der Waals surface area contributed by atoms with Crippen LogP contribution >= 0.6 is 0 Å². The molecule has 1 amide bonds. The Morgan fingerprint density at radius 2 is 1.94 bits per heavy atom. The van der Waals surface area contributed by atoms with Gasteiger partial charge < -0.3 is 16.0 Å². The van der Waals surface area contributed by atoms with Crippen molar-refractivity contribution in [3.63, 3.8) is 0 Å². The van der Waals surface area contributed by atoms with Gasteiger partial charge in [0, 0.05) is 12.5 Å². The largest absolute Gasteiger partial charge is 0.370 e. The summed E-state index contributed by atoms with van der Waals surface area (Å²) in [6.45, 7) is 4.64. The van der Waals surface area contributed by atoms with Gasteiger partial charge in [0.05, 0.1) is 0 Å². The van der Waals surface area contributed by atoms with Crippen molar-refractivity contribution in [3.05, 3.63) is 0 Å². The molecule has 2 fully saturated rings. The minimum atomic E-state index is -0.137. The fourth-order valence-electron chi connectivity index (χ4n) is 3.17. The molecule has 3 N–H and O–H groups in total. The van der Waals surface area contributed by atoms with Crippen molar-refractivity contribution >= 4 is 5.91 Å². The summed E-state index contributed by atoms with van der Waals surface area (Å²) >= 11 is 0. The zero-order valence-corrected chi connectivity index (χ0v) is 10.7. The van der Waals surface area contributed by atoms with Crippen molar-refractivity contribution in [2.45, 2.75) is 44.6 Å². The van der Waals surface area contributed by atoms with E-state index >= 15 is 0 Å². The number of rotatable bonds is 3. The summed E-state index contributed by atoms with van der Waals surface area (Å²) in [6.07, 6.45) is 6.78. The van der Waals surface area contributed by atoms with E-state index < -0.39 is 0 Å². The molecular weight excluding hydrogens is 214 g/mol. The summed E-state index contributed by atoms with van der Waals surface area (Å²) in [5.74, 6) is 0.398. The van der Waals surface area contributed by atoms with E-state index in [4.69, 9.17) is 5.73 Å². The van der Waals surface area contributed by atoms with Crippen LogP contribution in [0.3, 0.4) is 0 Å². The molecule has 0 saturated carbocycles. The van der Waals surface area contributed by atoms with Gasteiger partial charge in [-0.05, 0) is 64.2 Å². The van der Waals surface area contributed by atoms with E-state index in [1.54, 1.807) is 0 Å². The van der Waals surface area contributed by atoms with Gasteiger partial charge in [-0.1, -0.05) is 0 Å². The van der Waals surface area contributed by atoms with Crippen LogP contribution in [0.1, 0.15) is 38.5 Å². The van der Waals surface area contributed by atoms with E-state index in [-0.39, 0.29) is 5.91 Å². The standard InChI is InChI=1S/C13H25N3O/c14-13(17)10-11-4-8-16(9-5-11)12-2-1-6-15-7-3-12/h11-12,15H,1-10H2,(H2,14,17). The summed E-state index contributed by atoms with van der Waals surface area (Å²) in [5, 5.41) is 3.46. The highest BCUT2D eigenvalue weighted by Gasteiger charge is 2.26. The van der Waals surface area contributed by atoms with Gasteiger partial charge in [0.25, 0.3) is 0 Å². The Kier molecular flexibility index (Phi) is 4.80. The maximum Gasteiger partial charge on any atom is 0.217 e. The second-order valence-electron chi connectivity index (χ2n) is 5.48. The Labute approximate surface area is 104 Å². The number of likely N-dealkylation sites (tertiary alicyclic amines) is 1. The molecule has 0 spiro atoms. The number of nitrogens with one attached hydrogen (secondary N) is 1. The molecule has 98 valence electrons. The molecule has 4 nitrogen and oxygen atoms in total. The number of nitrogens with zero attached hydrogens (tertiary/aromatic N) is 1. The van der Waals surface area contributed by atoms with Gasteiger partial charge in [0.1, 0.15) is 0 Å². The van der Waals surface area contributed by atoms with Crippen LogP contribution in [-0.2, 0) is 4.79 Å². The lowest BCUT2D eigenvalue weighted by Gasteiger charge is -2.37. The van der Waals surface area contributed by atoms with E-state index in [1.165, 1.54) is 25.8 Å². The Balaban J connectivity index is 1.75. The van der Waals surface area contributed by atoms with E-state index in [0.717, 1.165) is 38.5 Å². The summed E-state index contributed by atoms with van der Waals surface area (Å²) < 4.78 is 0. The SMILES string of the molecule is NC(=O)CC1CCN(C2CCCNCC2)CC1. The first-order valence-electron chi connectivity index (χ1n) is 6.99. The Morgan fingerprint density at radius 3 is 2.65 bits per heavy atom. The number of carbonyl (C=O) groups excluding carboxylic acids is 1. The highest BCUT2D eigenvalue weighted by molar-refractivity contribution is 5.73. The Hall–Kier alpha value is -0.610. The van der Waals surface area contributed by atoms with E-state index in [9.17, 15) is 4.79 Å². The second kappa shape index (κ2) is 6.36. The average Bonchev–Trinajstić information content (AvgIpc) is 2.58. The molecular formula is C13H25N3O. The molecule has 0 radical (unpaired) electrons. The lowest BCUT2D eigenvalue weighted by Crippen LogP contribution is -2.42. The van der Waals surface area contributed by atoms with E-state index in [1.807, 2.05) is 0 Å². The lowest BCUT2D eigenvalue weighted by molar-refractivity contribution is -0.119. The van der Waals surface area contributed by atoms with Gasteiger partial charge in [-0.15, -0.1) is 0 Å². The molecule has 0 aromatic rings. The van der Waals surface area contributed by atoms with Crippen LogP contribution in [0.4, 0.5) is 0 Å². The van der Waals surface area contributed by atoms with Crippen LogP contribution in [0, 0.1) is 5.92 Å². The molecule has 0 bridgehead atoms.